The van der Waals surface area contributed by atoms with E-state index in [0.29, 0.717) is 10.5 Å². The summed E-state index contributed by atoms with van der Waals surface area (Å²) in [5.74, 6) is -0.672. The van der Waals surface area contributed by atoms with Crippen molar-refractivity contribution in [1.29, 1.82) is 0 Å². The molecule has 4 rings (SSSR count). The van der Waals surface area contributed by atoms with Gasteiger partial charge >= 0.3 is 6.61 Å². The van der Waals surface area contributed by atoms with Gasteiger partial charge in [-0.15, -0.1) is 0 Å². The highest BCUT2D eigenvalue weighted by Crippen LogP contribution is 2.36. The Morgan fingerprint density at radius 1 is 1.33 bits per heavy atom. The van der Waals surface area contributed by atoms with Crippen molar-refractivity contribution in [3.63, 3.8) is 0 Å². The van der Waals surface area contributed by atoms with Crippen molar-refractivity contribution in [3.8, 4) is 17.0 Å². The van der Waals surface area contributed by atoms with E-state index >= 15 is 0 Å². The molecule has 30 heavy (non-hydrogen) atoms. The molecule has 0 spiro atoms. The van der Waals surface area contributed by atoms with E-state index in [1.807, 2.05) is 0 Å². The summed E-state index contributed by atoms with van der Waals surface area (Å²) in [4.78, 5) is 17.3. The van der Waals surface area contributed by atoms with E-state index in [1.165, 1.54) is 47.6 Å². The lowest BCUT2D eigenvalue weighted by Crippen LogP contribution is -2.12. The lowest BCUT2D eigenvalue weighted by molar-refractivity contribution is -0.0494. The Kier molecular flexibility index (Phi) is 5.23. The maximum absolute atomic E-state index is 12.9. The fourth-order valence-corrected chi connectivity index (χ4v) is 3.39. The van der Waals surface area contributed by atoms with Crippen molar-refractivity contribution in [2.45, 2.75) is 11.5 Å². The van der Waals surface area contributed by atoms with E-state index in [9.17, 15) is 17.8 Å². The fraction of sp³-hybridized carbons (Fsp3) is 0.111. The average molecular weight is 432 g/mol. The number of benzene rings is 1. The maximum atomic E-state index is 12.9. The number of alkyl halides is 2. The molecule has 0 bridgehead atoms. The van der Waals surface area contributed by atoms with E-state index < -0.39 is 23.3 Å². The average Bonchev–Trinajstić information content (AvgIpc) is 3.34. The van der Waals surface area contributed by atoms with E-state index in [2.05, 4.69) is 30.3 Å². The highest BCUT2D eigenvalue weighted by Gasteiger charge is 2.20. The molecule has 1 unspecified atom stereocenters. The molecule has 4 aromatic rings. The summed E-state index contributed by atoms with van der Waals surface area (Å²) in [6.07, 6.45) is 7.33. The number of nitrogens with one attached hydrogen (secondary N) is 2. The Morgan fingerprint density at radius 2 is 2.17 bits per heavy atom. The largest absolute Gasteiger partial charge is 0.434 e. The number of nitrogens with zero attached hydrogens (tertiary/aromatic N) is 4. The summed E-state index contributed by atoms with van der Waals surface area (Å²) in [6.45, 7) is -3.06. The van der Waals surface area contributed by atoms with Crippen LogP contribution in [-0.4, -0.2) is 47.8 Å². The molecule has 2 N–H and O–H groups in total. The zero-order valence-corrected chi connectivity index (χ0v) is 16.2. The molecule has 0 saturated carbocycles. The Balaban J connectivity index is 1.72. The molecule has 1 amide bonds. The van der Waals surface area contributed by atoms with Gasteiger partial charge in [0.25, 0.3) is 5.91 Å². The number of halogens is 2. The van der Waals surface area contributed by atoms with Gasteiger partial charge in [0.05, 0.1) is 23.8 Å². The number of hydrogen-bond donors (Lipinski definition) is 2. The summed E-state index contributed by atoms with van der Waals surface area (Å²) in [5.41, 5.74) is 1.18. The molecular weight excluding hydrogens is 418 g/mol. The van der Waals surface area contributed by atoms with Crippen LogP contribution in [0.25, 0.3) is 16.9 Å². The number of H-pyrrole nitrogens is 1. The first-order chi connectivity index (χ1) is 14.4. The van der Waals surface area contributed by atoms with Crippen LogP contribution in [0.1, 0.15) is 10.4 Å². The Hall–Kier alpha value is -3.67. The molecule has 12 heteroatoms. The minimum Gasteiger partial charge on any atom is -0.434 e. The van der Waals surface area contributed by atoms with Crippen LogP contribution in [0.4, 0.5) is 14.5 Å². The molecule has 0 aliphatic rings. The predicted molar refractivity (Wildman–Crippen MR) is 104 cm³/mol. The number of ether oxygens (including phenoxy) is 1. The number of aromatic nitrogens is 5. The first-order valence-electron chi connectivity index (χ1n) is 8.50. The van der Waals surface area contributed by atoms with Gasteiger partial charge in [0.2, 0.25) is 0 Å². The van der Waals surface area contributed by atoms with Gasteiger partial charge in [-0.1, -0.05) is 0 Å². The molecule has 3 aromatic heterocycles. The number of hydrogen-bond acceptors (Lipinski definition) is 6. The second-order valence-electron chi connectivity index (χ2n) is 6.05. The van der Waals surface area contributed by atoms with E-state index in [0.717, 1.165) is 0 Å². The standard InChI is InChI=1S/C18H14F2N6O3S/c1-30(28)10-3-4-14(29-18(19)20)11(7-10)15-13(9-22-25-15)24-17(27)12-8-23-26-6-2-5-21-16(12)26/h2-9,18H,1H3,(H,22,25)(H,24,27). The minimum atomic E-state index is -3.06. The lowest BCUT2D eigenvalue weighted by Gasteiger charge is -2.12. The number of amides is 1. The molecule has 0 saturated heterocycles. The number of anilines is 1. The van der Waals surface area contributed by atoms with Crippen LogP contribution in [0.15, 0.2) is 53.9 Å². The van der Waals surface area contributed by atoms with Crippen molar-refractivity contribution in [2.75, 3.05) is 11.6 Å². The first kappa shape index (κ1) is 19.6. The van der Waals surface area contributed by atoms with Crippen LogP contribution in [0, 0.1) is 0 Å². The van der Waals surface area contributed by atoms with Gasteiger partial charge < -0.3 is 10.1 Å². The summed E-state index contributed by atoms with van der Waals surface area (Å²) in [7, 11) is -1.36. The second-order valence-corrected chi connectivity index (χ2v) is 7.43. The van der Waals surface area contributed by atoms with Gasteiger partial charge in [-0.2, -0.15) is 19.0 Å². The van der Waals surface area contributed by atoms with Crippen LogP contribution in [0.2, 0.25) is 0 Å². The number of carbonyl (C=O) groups excluding carboxylic acids is 1. The van der Waals surface area contributed by atoms with Crippen LogP contribution in [-0.2, 0) is 10.8 Å². The van der Waals surface area contributed by atoms with Crippen LogP contribution >= 0.6 is 0 Å². The van der Waals surface area contributed by atoms with Gasteiger partial charge in [-0.05, 0) is 24.3 Å². The third-order valence-electron chi connectivity index (χ3n) is 4.18. The van der Waals surface area contributed by atoms with Crippen molar-refractivity contribution in [3.05, 3.63) is 54.6 Å². The molecule has 0 fully saturated rings. The monoisotopic (exact) mass is 432 g/mol. The first-order valence-corrected chi connectivity index (χ1v) is 10.1. The molecule has 0 radical (unpaired) electrons. The highest BCUT2D eigenvalue weighted by molar-refractivity contribution is 7.84. The molecule has 154 valence electrons. The smallest absolute Gasteiger partial charge is 0.387 e. The summed E-state index contributed by atoms with van der Waals surface area (Å²) >= 11 is 0. The Labute approximate surface area is 170 Å². The zero-order chi connectivity index (χ0) is 21.3. The second kappa shape index (κ2) is 7.99. The maximum Gasteiger partial charge on any atom is 0.387 e. The summed E-state index contributed by atoms with van der Waals surface area (Å²) in [6, 6.07) is 5.83. The summed E-state index contributed by atoms with van der Waals surface area (Å²) in [5, 5.41) is 13.3. The normalized spacial score (nSPS) is 12.3. The van der Waals surface area contributed by atoms with Gasteiger partial charge in [-0.3, -0.25) is 14.1 Å². The van der Waals surface area contributed by atoms with Gasteiger partial charge in [0.15, 0.2) is 5.65 Å². The molecule has 0 aliphatic heterocycles. The third kappa shape index (κ3) is 3.76. The van der Waals surface area contributed by atoms with Gasteiger partial charge in [-0.25, -0.2) is 9.50 Å². The number of fused-ring (bicyclic) bond motifs is 1. The van der Waals surface area contributed by atoms with Crippen molar-refractivity contribution >= 4 is 28.0 Å². The number of aromatic amines is 1. The molecule has 1 atom stereocenters. The van der Waals surface area contributed by atoms with Gasteiger partial charge in [0, 0.05) is 39.9 Å². The number of rotatable bonds is 6. The quantitative estimate of drug-likeness (QED) is 0.484. The van der Waals surface area contributed by atoms with Crippen LogP contribution < -0.4 is 10.1 Å². The molecular formula is C18H14F2N6O3S. The van der Waals surface area contributed by atoms with E-state index in [4.69, 9.17) is 0 Å². The molecule has 3 heterocycles. The molecule has 9 nitrogen and oxygen atoms in total. The van der Waals surface area contributed by atoms with E-state index in [1.54, 1.807) is 12.3 Å². The van der Waals surface area contributed by atoms with Crippen LogP contribution in [0.3, 0.4) is 0 Å². The Morgan fingerprint density at radius 3 is 2.93 bits per heavy atom. The van der Waals surface area contributed by atoms with Crippen LogP contribution in [0.5, 0.6) is 5.75 Å². The summed E-state index contributed by atoms with van der Waals surface area (Å²) < 4.78 is 43.6. The Bertz CT molecular complexity index is 1260. The minimum absolute atomic E-state index is 0.156. The lowest BCUT2D eigenvalue weighted by atomic mass is 10.1. The van der Waals surface area contributed by atoms with Crippen molar-refractivity contribution < 1.29 is 22.5 Å². The zero-order valence-electron chi connectivity index (χ0n) is 15.4. The van der Waals surface area contributed by atoms with E-state index in [-0.39, 0.29) is 28.3 Å². The SMILES string of the molecule is CS(=O)c1ccc(OC(F)F)c(-c2[nH]ncc2NC(=O)c2cnn3cccnc23)c1. The van der Waals surface area contributed by atoms with Crippen molar-refractivity contribution in [1.82, 2.24) is 24.8 Å². The predicted octanol–water partition coefficient (Wildman–Crippen LogP) is 2.71. The topological polar surface area (TPSA) is 114 Å². The number of carbonyl (C=O) groups is 1. The fourth-order valence-electron chi connectivity index (χ4n) is 2.85. The molecule has 0 aliphatic carbocycles. The highest BCUT2D eigenvalue weighted by atomic mass is 32.2. The van der Waals surface area contributed by atoms with Gasteiger partial charge in [0.1, 0.15) is 11.3 Å². The molecule has 1 aromatic carbocycles. The third-order valence-corrected chi connectivity index (χ3v) is 5.10. The van der Waals surface area contributed by atoms with Crippen molar-refractivity contribution in [2.24, 2.45) is 0 Å².